The van der Waals surface area contributed by atoms with E-state index in [0.29, 0.717) is 5.92 Å². The van der Waals surface area contributed by atoms with Crippen LogP contribution in [0.3, 0.4) is 0 Å². The van der Waals surface area contributed by atoms with Crippen LogP contribution in [0.4, 0.5) is 5.69 Å². The van der Waals surface area contributed by atoms with Gasteiger partial charge in [0.15, 0.2) is 0 Å². The highest BCUT2D eigenvalue weighted by atomic mass is 15.2. The van der Waals surface area contributed by atoms with Crippen molar-refractivity contribution in [3.63, 3.8) is 0 Å². The maximum Gasteiger partial charge on any atom is 0.133 e. The predicted octanol–water partition coefficient (Wildman–Crippen LogP) is 3.68. The fraction of sp³-hybridized carbons (Fsp3) is 0.524. The van der Waals surface area contributed by atoms with Crippen LogP contribution in [0.1, 0.15) is 48.0 Å². The summed E-state index contributed by atoms with van der Waals surface area (Å²) in [5, 5.41) is 0. The number of benzene rings is 1. The number of nitrogens with zero attached hydrogens (tertiary/aromatic N) is 4. The van der Waals surface area contributed by atoms with Gasteiger partial charge in [-0.2, -0.15) is 0 Å². The quantitative estimate of drug-likeness (QED) is 0.852. The van der Waals surface area contributed by atoms with Crippen molar-refractivity contribution in [3.05, 3.63) is 53.1 Å². The third-order valence-corrected chi connectivity index (χ3v) is 5.47. The first kappa shape index (κ1) is 16.5. The van der Waals surface area contributed by atoms with Gasteiger partial charge in [0, 0.05) is 49.2 Å². The maximum atomic E-state index is 4.69. The molecular weight excluding hydrogens is 308 g/mol. The molecule has 2 aromatic rings. The topological polar surface area (TPSA) is 32.3 Å². The Balaban J connectivity index is 1.46. The summed E-state index contributed by atoms with van der Waals surface area (Å²) in [7, 11) is 0. The molecule has 0 N–H and O–H groups in total. The largest absolute Gasteiger partial charge is 0.371 e. The van der Waals surface area contributed by atoms with Gasteiger partial charge in [0.25, 0.3) is 0 Å². The molecule has 0 saturated carbocycles. The molecule has 0 unspecified atom stereocenters. The molecule has 1 atom stereocenters. The van der Waals surface area contributed by atoms with Crippen LogP contribution in [-0.4, -0.2) is 41.0 Å². The van der Waals surface area contributed by atoms with E-state index in [1.807, 2.05) is 0 Å². The minimum Gasteiger partial charge on any atom is -0.371 e. The van der Waals surface area contributed by atoms with Gasteiger partial charge in [-0.05, 0) is 57.4 Å². The van der Waals surface area contributed by atoms with Gasteiger partial charge in [0.05, 0.1) is 0 Å². The molecule has 0 amide bonds. The summed E-state index contributed by atoms with van der Waals surface area (Å²) in [5.41, 5.74) is 5.07. The van der Waals surface area contributed by atoms with E-state index in [1.54, 1.807) is 0 Å². The summed E-state index contributed by atoms with van der Waals surface area (Å²) in [5.74, 6) is 1.50. The Morgan fingerprint density at radius 2 is 1.72 bits per heavy atom. The zero-order chi connectivity index (χ0) is 17.2. The molecule has 2 aliphatic rings. The number of likely N-dealkylation sites (tertiary alicyclic amines) is 1. The second-order valence-electron chi connectivity index (χ2n) is 7.55. The second kappa shape index (κ2) is 7.12. The van der Waals surface area contributed by atoms with E-state index in [1.165, 1.54) is 37.2 Å². The fourth-order valence-corrected chi connectivity index (χ4v) is 4.27. The average molecular weight is 336 g/mol. The molecule has 132 valence electrons. The van der Waals surface area contributed by atoms with Crippen molar-refractivity contribution >= 4 is 5.69 Å². The van der Waals surface area contributed by atoms with Gasteiger partial charge in [-0.3, -0.25) is 4.90 Å². The molecule has 4 nitrogen and oxygen atoms in total. The Bertz CT molecular complexity index is 716. The van der Waals surface area contributed by atoms with Crippen LogP contribution >= 0.6 is 0 Å². The highest BCUT2D eigenvalue weighted by Crippen LogP contribution is 2.30. The summed E-state index contributed by atoms with van der Waals surface area (Å²) < 4.78 is 0. The van der Waals surface area contributed by atoms with Crippen LogP contribution in [0.2, 0.25) is 0 Å². The van der Waals surface area contributed by atoms with E-state index >= 15 is 0 Å². The Morgan fingerprint density at radius 3 is 2.48 bits per heavy atom. The van der Waals surface area contributed by atoms with Crippen molar-refractivity contribution in [3.8, 4) is 0 Å². The van der Waals surface area contributed by atoms with E-state index in [-0.39, 0.29) is 0 Å². The van der Waals surface area contributed by atoms with Gasteiger partial charge >= 0.3 is 0 Å². The number of rotatable bonds is 4. The second-order valence-corrected chi connectivity index (χ2v) is 7.55. The molecule has 3 heterocycles. The molecule has 1 aromatic heterocycles. The zero-order valence-corrected chi connectivity index (χ0v) is 15.4. The Kier molecular flexibility index (Phi) is 4.71. The Labute approximate surface area is 150 Å². The molecule has 25 heavy (non-hydrogen) atoms. The van der Waals surface area contributed by atoms with Crippen molar-refractivity contribution in [2.24, 2.45) is 0 Å². The lowest BCUT2D eigenvalue weighted by Gasteiger charge is -2.24. The van der Waals surface area contributed by atoms with E-state index in [0.717, 1.165) is 43.3 Å². The van der Waals surface area contributed by atoms with Crippen molar-refractivity contribution in [2.45, 2.75) is 45.6 Å². The van der Waals surface area contributed by atoms with E-state index in [2.05, 4.69) is 54.0 Å². The minimum absolute atomic E-state index is 0.470. The van der Waals surface area contributed by atoms with Crippen LogP contribution in [-0.2, 0) is 6.54 Å². The summed E-state index contributed by atoms with van der Waals surface area (Å²) in [6.45, 7) is 9.78. The standard InChI is InChI=1S/C21H28N4/c1-16-13-17(2)23-21(22-16)19-9-12-24(15-19)14-18-7-3-4-8-20(18)25-10-5-6-11-25/h3-4,7-8,13,19H,5-6,9-12,14-15H2,1-2H3/t19-/m0/s1. The normalized spacial score (nSPS) is 21.2. The van der Waals surface area contributed by atoms with Gasteiger partial charge in [-0.1, -0.05) is 18.2 Å². The number of anilines is 1. The molecule has 0 aliphatic carbocycles. The van der Waals surface area contributed by atoms with E-state index < -0.39 is 0 Å². The molecule has 0 spiro atoms. The molecule has 0 bridgehead atoms. The SMILES string of the molecule is Cc1cc(C)nc([C@H]2CCN(Cc3ccccc3N3CCCC3)C2)n1. The van der Waals surface area contributed by atoms with Crippen LogP contribution in [0.15, 0.2) is 30.3 Å². The molecule has 0 radical (unpaired) electrons. The summed E-state index contributed by atoms with van der Waals surface area (Å²) >= 11 is 0. The Hall–Kier alpha value is -1.94. The molecule has 2 fully saturated rings. The van der Waals surface area contributed by atoms with Crippen molar-refractivity contribution in [1.82, 2.24) is 14.9 Å². The van der Waals surface area contributed by atoms with Gasteiger partial charge in [-0.25, -0.2) is 9.97 Å². The van der Waals surface area contributed by atoms with Crippen molar-refractivity contribution in [2.75, 3.05) is 31.1 Å². The van der Waals surface area contributed by atoms with Gasteiger partial charge in [-0.15, -0.1) is 0 Å². The highest BCUT2D eigenvalue weighted by Gasteiger charge is 2.27. The molecule has 2 saturated heterocycles. The lowest BCUT2D eigenvalue weighted by molar-refractivity contribution is 0.326. The zero-order valence-electron chi connectivity index (χ0n) is 15.4. The van der Waals surface area contributed by atoms with Crippen LogP contribution < -0.4 is 4.90 Å². The molecule has 2 aliphatic heterocycles. The third-order valence-electron chi connectivity index (χ3n) is 5.47. The molecule has 4 rings (SSSR count). The molecular formula is C21H28N4. The first-order valence-electron chi connectivity index (χ1n) is 9.56. The van der Waals surface area contributed by atoms with Crippen molar-refractivity contribution in [1.29, 1.82) is 0 Å². The fourth-order valence-electron chi connectivity index (χ4n) is 4.27. The van der Waals surface area contributed by atoms with Crippen LogP contribution in [0.25, 0.3) is 0 Å². The number of aromatic nitrogens is 2. The van der Waals surface area contributed by atoms with E-state index in [9.17, 15) is 0 Å². The lowest BCUT2D eigenvalue weighted by Crippen LogP contribution is -2.24. The number of hydrogen-bond donors (Lipinski definition) is 0. The first-order valence-corrected chi connectivity index (χ1v) is 9.56. The maximum absolute atomic E-state index is 4.69. The minimum atomic E-state index is 0.470. The van der Waals surface area contributed by atoms with Gasteiger partial charge in [0.1, 0.15) is 5.82 Å². The third kappa shape index (κ3) is 3.69. The molecule has 1 aromatic carbocycles. The number of hydrogen-bond acceptors (Lipinski definition) is 4. The lowest BCUT2D eigenvalue weighted by atomic mass is 10.1. The van der Waals surface area contributed by atoms with Crippen LogP contribution in [0, 0.1) is 13.8 Å². The monoisotopic (exact) mass is 336 g/mol. The predicted molar refractivity (Wildman–Crippen MR) is 102 cm³/mol. The van der Waals surface area contributed by atoms with Crippen molar-refractivity contribution < 1.29 is 0 Å². The number of aryl methyl sites for hydroxylation is 2. The van der Waals surface area contributed by atoms with Crippen LogP contribution in [0.5, 0.6) is 0 Å². The summed E-state index contributed by atoms with van der Waals surface area (Å²) in [6.07, 6.45) is 3.81. The summed E-state index contributed by atoms with van der Waals surface area (Å²) in [4.78, 5) is 14.5. The Morgan fingerprint density at radius 1 is 1.00 bits per heavy atom. The van der Waals surface area contributed by atoms with Gasteiger partial charge in [0.2, 0.25) is 0 Å². The van der Waals surface area contributed by atoms with E-state index in [4.69, 9.17) is 9.97 Å². The van der Waals surface area contributed by atoms with Gasteiger partial charge < -0.3 is 4.90 Å². The molecule has 4 heteroatoms. The average Bonchev–Trinajstić information content (AvgIpc) is 3.26. The number of para-hydroxylation sites is 1. The first-order chi connectivity index (χ1) is 12.2. The highest BCUT2D eigenvalue weighted by molar-refractivity contribution is 5.54. The smallest absolute Gasteiger partial charge is 0.133 e. The summed E-state index contributed by atoms with van der Waals surface area (Å²) in [6, 6.07) is 11.0.